The second kappa shape index (κ2) is 6.42. The van der Waals surface area contributed by atoms with Gasteiger partial charge in [-0.15, -0.1) is 0 Å². The molecule has 2 aromatic rings. The summed E-state index contributed by atoms with van der Waals surface area (Å²) in [7, 11) is 0.261. The maximum Gasteiger partial charge on any atom is 0.145 e. The first-order valence-electron chi connectivity index (χ1n) is 6.91. The van der Waals surface area contributed by atoms with Crippen molar-refractivity contribution in [3.05, 3.63) is 53.4 Å². The Hall–Kier alpha value is -2.33. The van der Waals surface area contributed by atoms with Crippen molar-refractivity contribution < 1.29 is 8.60 Å². The van der Waals surface area contributed by atoms with Crippen LogP contribution in [0, 0.1) is 17.1 Å². The minimum absolute atomic E-state index is 0.0463. The van der Waals surface area contributed by atoms with Crippen LogP contribution in [0.5, 0.6) is 0 Å². The summed E-state index contributed by atoms with van der Waals surface area (Å²) in [6.07, 6.45) is 3.17. The molecular weight excluding hydrogens is 315 g/mol. The number of imidazole rings is 1. The second-order valence-corrected chi connectivity index (χ2v) is 7.90. The van der Waals surface area contributed by atoms with E-state index in [1.807, 2.05) is 20.8 Å². The van der Waals surface area contributed by atoms with Gasteiger partial charge < -0.3 is 4.57 Å². The molecule has 120 valence electrons. The second-order valence-electron chi connectivity index (χ2n) is 6.00. The molecule has 0 radical (unpaired) electrons. The standard InChI is InChI=1S/C16H17FN4OS/c1-16(2,3)23(22)20-15(14-9-19-10-21(14)4)11-5-6-12(8-18)13(17)7-11/h5-7,9-10H,1-4H3/b20-15+/t23-/m1/s1. The fourth-order valence-corrected chi connectivity index (χ4v) is 2.44. The topological polar surface area (TPSA) is 71.0 Å². The number of hydrogen-bond acceptors (Lipinski definition) is 3. The van der Waals surface area contributed by atoms with Gasteiger partial charge in [0.1, 0.15) is 28.6 Å². The highest BCUT2D eigenvalue weighted by atomic mass is 32.2. The Kier molecular flexibility index (Phi) is 4.76. The van der Waals surface area contributed by atoms with Gasteiger partial charge in [-0.1, -0.05) is 6.07 Å². The van der Waals surface area contributed by atoms with Crippen molar-refractivity contribution in [3.63, 3.8) is 0 Å². The van der Waals surface area contributed by atoms with Crippen molar-refractivity contribution in [3.8, 4) is 6.07 Å². The number of nitrogens with zero attached hydrogens (tertiary/aromatic N) is 4. The molecule has 1 heterocycles. The molecule has 5 nitrogen and oxygen atoms in total. The molecule has 7 heteroatoms. The number of aryl methyl sites for hydroxylation is 1. The summed E-state index contributed by atoms with van der Waals surface area (Å²) in [5.74, 6) is -0.638. The first-order chi connectivity index (χ1) is 10.7. The average Bonchev–Trinajstić information content (AvgIpc) is 2.89. The smallest absolute Gasteiger partial charge is 0.145 e. The highest BCUT2D eigenvalue weighted by Crippen LogP contribution is 2.19. The molecule has 0 saturated carbocycles. The average molecular weight is 332 g/mol. The van der Waals surface area contributed by atoms with Crippen LogP contribution in [-0.2, 0) is 18.0 Å². The number of halogens is 1. The van der Waals surface area contributed by atoms with E-state index in [1.54, 1.807) is 36.3 Å². The third-order valence-corrected chi connectivity index (χ3v) is 4.52. The van der Waals surface area contributed by atoms with Gasteiger partial charge >= 0.3 is 0 Å². The molecule has 0 N–H and O–H groups in total. The van der Waals surface area contributed by atoms with Gasteiger partial charge in [0.05, 0.1) is 28.5 Å². The molecule has 0 bridgehead atoms. The zero-order valence-electron chi connectivity index (χ0n) is 13.4. The van der Waals surface area contributed by atoms with E-state index in [2.05, 4.69) is 9.38 Å². The van der Waals surface area contributed by atoms with Gasteiger partial charge in [0.2, 0.25) is 0 Å². The lowest BCUT2D eigenvalue weighted by Crippen LogP contribution is -2.22. The third kappa shape index (κ3) is 3.71. The molecule has 2 rings (SSSR count). The van der Waals surface area contributed by atoms with Crippen LogP contribution in [0.1, 0.15) is 37.6 Å². The van der Waals surface area contributed by atoms with E-state index in [0.29, 0.717) is 17.0 Å². The fraction of sp³-hybridized carbons (Fsp3) is 0.312. The summed E-state index contributed by atoms with van der Waals surface area (Å²) in [6, 6.07) is 5.98. The summed E-state index contributed by atoms with van der Waals surface area (Å²) in [5.41, 5.74) is 1.39. The number of nitriles is 1. The zero-order chi connectivity index (χ0) is 17.2. The number of aromatic nitrogens is 2. The highest BCUT2D eigenvalue weighted by Gasteiger charge is 2.22. The summed E-state index contributed by atoms with van der Waals surface area (Å²) in [5, 5.41) is 8.85. The summed E-state index contributed by atoms with van der Waals surface area (Å²) in [4.78, 5) is 4.03. The molecular formula is C16H17FN4OS. The largest absolute Gasteiger partial charge is 0.332 e. The maximum absolute atomic E-state index is 13.9. The Morgan fingerprint density at radius 2 is 2.13 bits per heavy atom. The van der Waals surface area contributed by atoms with E-state index in [1.165, 1.54) is 12.1 Å². The van der Waals surface area contributed by atoms with Crippen molar-refractivity contribution in [1.82, 2.24) is 9.55 Å². The van der Waals surface area contributed by atoms with Crippen molar-refractivity contribution in [2.24, 2.45) is 11.4 Å². The molecule has 0 amide bonds. The molecule has 0 aliphatic heterocycles. The number of hydrogen-bond donors (Lipinski definition) is 0. The van der Waals surface area contributed by atoms with Crippen LogP contribution in [0.25, 0.3) is 0 Å². The van der Waals surface area contributed by atoms with Crippen LogP contribution < -0.4 is 0 Å². The van der Waals surface area contributed by atoms with Crippen molar-refractivity contribution >= 4 is 16.7 Å². The van der Waals surface area contributed by atoms with Gasteiger partial charge in [0.15, 0.2) is 0 Å². The Labute approximate surface area is 137 Å². The summed E-state index contributed by atoms with van der Waals surface area (Å²) in [6.45, 7) is 5.44. The number of rotatable bonds is 3. The van der Waals surface area contributed by atoms with Gasteiger partial charge in [-0.2, -0.15) is 9.66 Å². The molecule has 23 heavy (non-hydrogen) atoms. The highest BCUT2D eigenvalue weighted by molar-refractivity contribution is 7.85. The van der Waals surface area contributed by atoms with Crippen molar-refractivity contribution in [2.45, 2.75) is 25.5 Å². The minimum atomic E-state index is -1.52. The summed E-state index contributed by atoms with van der Waals surface area (Å²) >= 11 is 0. The molecule has 0 unspecified atom stereocenters. The normalized spacial score (nSPS) is 13.7. The number of benzene rings is 1. The summed E-state index contributed by atoms with van der Waals surface area (Å²) < 4.78 is 31.8. The quantitative estimate of drug-likeness (QED) is 0.811. The van der Waals surface area contributed by atoms with E-state index < -0.39 is 21.5 Å². The van der Waals surface area contributed by atoms with Crippen LogP contribution in [0.4, 0.5) is 4.39 Å². The van der Waals surface area contributed by atoms with Crippen LogP contribution in [0.15, 0.2) is 35.1 Å². The molecule has 1 aromatic carbocycles. The van der Waals surface area contributed by atoms with Crippen molar-refractivity contribution in [2.75, 3.05) is 0 Å². The van der Waals surface area contributed by atoms with Crippen LogP contribution in [0.3, 0.4) is 0 Å². The van der Waals surface area contributed by atoms with Gasteiger partial charge in [-0.05, 0) is 32.9 Å². The maximum atomic E-state index is 13.9. The Morgan fingerprint density at radius 3 is 2.61 bits per heavy atom. The minimum Gasteiger partial charge on any atom is -0.332 e. The molecule has 1 atom stereocenters. The van der Waals surface area contributed by atoms with Gasteiger partial charge in [0, 0.05) is 12.6 Å². The third-order valence-electron chi connectivity index (χ3n) is 3.12. The van der Waals surface area contributed by atoms with Gasteiger partial charge in [0.25, 0.3) is 0 Å². The lowest BCUT2D eigenvalue weighted by Gasteiger charge is -2.15. The SMILES string of the molecule is Cn1cncc1/C(=N/[S@](=O)C(C)(C)C)c1ccc(C#N)c(F)c1. The van der Waals surface area contributed by atoms with Crippen LogP contribution >= 0.6 is 0 Å². The van der Waals surface area contributed by atoms with Gasteiger partial charge in [-0.3, -0.25) is 0 Å². The first kappa shape index (κ1) is 17.0. The van der Waals surface area contributed by atoms with Gasteiger partial charge in [-0.25, -0.2) is 13.6 Å². The first-order valence-corrected chi connectivity index (χ1v) is 8.02. The van der Waals surface area contributed by atoms with Crippen LogP contribution in [-0.4, -0.2) is 24.2 Å². The lowest BCUT2D eigenvalue weighted by molar-refractivity contribution is 0.623. The van der Waals surface area contributed by atoms with E-state index in [4.69, 9.17) is 5.26 Å². The molecule has 0 aliphatic carbocycles. The molecule has 1 aromatic heterocycles. The fourth-order valence-electron chi connectivity index (χ4n) is 1.81. The monoisotopic (exact) mass is 332 g/mol. The predicted molar refractivity (Wildman–Crippen MR) is 87.9 cm³/mol. The lowest BCUT2D eigenvalue weighted by atomic mass is 10.1. The predicted octanol–water partition coefficient (Wildman–Crippen LogP) is 2.73. The Bertz CT molecular complexity index is 827. The Morgan fingerprint density at radius 1 is 1.43 bits per heavy atom. The van der Waals surface area contributed by atoms with Crippen LogP contribution in [0.2, 0.25) is 0 Å². The molecule has 0 fully saturated rings. The van der Waals surface area contributed by atoms with Crippen molar-refractivity contribution in [1.29, 1.82) is 5.26 Å². The molecule has 0 saturated heterocycles. The van der Waals surface area contributed by atoms with E-state index in [0.717, 1.165) is 0 Å². The van der Waals surface area contributed by atoms with E-state index in [9.17, 15) is 8.60 Å². The molecule has 0 spiro atoms. The Balaban J connectivity index is 2.62. The zero-order valence-corrected chi connectivity index (χ0v) is 14.2. The molecule has 0 aliphatic rings. The van der Waals surface area contributed by atoms with E-state index >= 15 is 0 Å². The van der Waals surface area contributed by atoms with E-state index in [-0.39, 0.29) is 5.56 Å².